The van der Waals surface area contributed by atoms with Gasteiger partial charge >= 0.3 is 0 Å². The van der Waals surface area contributed by atoms with Gasteiger partial charge in [-0.15, -0.1) is 0 Å². The van der Waals surface area contributed by atoms with Crippen LogP contribution in [0.15, 0.2) is 36.7 Å². The molecule has 0 spiro atoms. The van der Waals surface area contributed by atoms with Crippen molar-refractivity contribution in [3.63, 3.8) is 0 Å². The fraction of sp³-hybridized carbons (Fsp3) is 0.412. The summed E-state index contributed by atoms with van der Waals surface area (Å²) >= 11 is 0. The number of anilines is 1. The van der Waals surface area contributed by atoms with Gasteiger partial charge in [0.1, 0.15) is 6.33 Å². The number of hydrogen-bond acceptors (Lipinski definition) is 4. The fourth-order valence-electron chi connectivity index (χ4n) is 2.85. The Balaban J connectivity index is 1.90. The molecule has 1 aromatic carbocycles. The molecule has 2 atom stereocenters. The topological polar surface area (TPSA) is 47.0 Å². The molecule has 0 bridgehead atoms. The summed E-state index contributed by atoms with van der Waals surface area (Å²) in [7, 11) is 0. The van der Waals surface area contributed by atoms with Crippen molar-refractivity contribution < 1.29 is 9.13 Å². The van der Waals surface area contributed by atoms with Crippen LogP contribution in [0.2, 0.25) is 0 Å². The standard InChI is InChI=1S/C17H20FN3O/c1-2-14-15(18)17(20-11-19-14)21-16(13-8-9-22-10-13)12-6-4-3-5-7-12/h3-7,11,13,16H,2,8-10H2,1H3,(H,19,20,21)/t13-,16+/m1/s1. The highest BCUT2D eigenvalue weighted by molar-refractivity contribution is 5.41. The Kier molecular flexibility index (Phi) is 4.63. The number of halogens is 1. The average Bonchev–Trinajstić information content (AvgIpc) is 3.09. The second-order valence-electron chi connectivity index (χ2n) is 5.49. The van der Waals surface area contributed by atoms with Gasteiger partial charge < -0.3 is 10.1 Å². The van der Waals surface area contributed by atoms with E-state index in [9.17, 15) is 4.39 Å². The molecule has 1 aliphatic rings. The quantitative estimate of drug-likeness (QED) is 0.920. The first-order chi connectivity index (χ1) is 10.8. The summed E-state index contributed by atoms with van der Waals surface area (Å²) in [5, 5.41) is 3.27. The number of ether oxygens (including phenoxy) is 1. The van der Waals surface area contributed by atoms with Crippen LogP contribution in [0.4, 0.5) is 10.2 Å². The molecule has 2 heterocycles. The second kappa shape index (κ2) is 6.83. The van der Waals surface area contributed by atoms with Crippen molar-refractivity contribution in [3.05, 3.63) is 53.7 Å². The summed E-state index contributed by atoms with van der Waals surface area (Å²) in [4.78, 5) is 8.07. The van der Waals surface area contributed by atoms with Gasteiger partial charge in [-0.05, 0) is 18.4 Å². The average molecular weight is 301 g/mol. The molecule has 116 valence electrons. The van der Waals surface area contributed by atoms with Gasteiger partial charge in [-0.2, -0.15) is 0 Å². The second-order valence-corrected chi connectivity index (χ2v) is 5.49. The zero-order chi connectivity index (χ0) is 15.4. The van der Waals surface area contributed by atoms with Crippen LogP contribution in [0.5, 0.6) is 0 Å². The first kappa shape index (κ1) is 14.9. The fourth-order valence-corrected chi connectivity index (χ4v) is 2.85. The minimum absolute atomic E-state index is 0.0159. The lowest BCUT2D eigenvalue weighted by Crippen LogP contribution is -2.23. The largest absolute Gasteiger partial charge is 0.381 e. The summed E-state index contributed by atoms with van der Waals surface area (Å²) < 4.78 is 19.9. The van der Waals surface area contributed by atoms with Crippen molar-refractivity contribution in [1.82, 2.24) is 9.97 Å². The van der Waals surface area contributed by atoms with Crippen molar-refractivity contribution >= 4 is 5.82 Å². The Bertz CT molecular complexity index is 615. The lowest BCUT2D eigenvalue weighted by molar-refractivity contribution is 0.182. The lowest BCUT2D eigenvalue weighted by atomic mass is 9.92. The molecule has 2 aromatic rings. The van der Waals surface area contributed by atoms with E-state index >= 15 is 0 Å². The SMILES string of the molecule is CCc1ncnc(N[C@@H](c2ccccc2)[C@@H]2CCOC2)c1F. The molecular formula is C17H20FN3O. The molecule has 3 rings (SSSR count). The predicted molar refractivity (Wildman–Crippen MR) is 83.1 cm³/mol. The number of benzene rings is 1. The number of rotatable bonds is 5. The molecule has 22 heavy (non-hydrogen) atoms. The van der Waals surface area contributed by atoms with Gasteiger partial charge in [0.05, 0.1) is 18.3 Å². The van der Waals surface area contributed by atoms with Crippen LogP contribution < -0.4 is 5.32 Å². The van der Waals surface area contributed by atoms with E-state index < -0.39 is 0 Å². The molecule has 1 aromatic heterocycles. The third kappa shape index (κ3) is 3.09. The number of nitrogens with zero attached hydrogens (tertiary/aromatic N) is 2. The summed E-state index contributed by atoms with van der Waals surface area (Å²) in [6, 6.07) is 10.1. The van der Waals surface area contributed by atoms with Gasteiger partial charge in [-0.1, -0.05) is 37.3 Å². The molecule has 1 N–H and O–H groups in total. The summed E-state index contributed by atoms with van der Waals surface area (Å²) in [6.07, 6.45) is 2.92. The smallest absolute Gasteiger partial charge is 0.186 e. The Labute approximate surface area is 129 Å². The summed E-state index contributed by atoms with van der Waals surface area (Å²) in [5.41, 5.74) is 1.56. The highest BCUT2D eigenvalue weighted by atomic mass is 19.1. The molecule has 0 saturated carbocycles. The van der Waals surface area contributed by atoms with Gasteiger partial charge in [0.15, 0.2) is 11.6 Å². The van der Waals surface area contributed by atoms with Crippen LogP contribution in [0, 0.1) is 11.7 Å². The van der Waals surface area contributed by atoms with E-state index in [1.807, 2.05) is 25.1 Å². The monoisotopic (exact) mass is 301 g/mol. The number of aryl methyl sites for hydroxylation is 1. The van der Waals surface area contributed by atoms with E-state index in [4.69, 9.17) is 4.74 Å². The normalized spacial score (nSPS) is 19.1. The van der Waals surface area contributed by atoms with Gasteiger partial charge in [0.2, 0.25) is 0 Å². The van der Waals surface area contributed by atoms with Crippen molar-refractivity contribution in [2.24, 2.45) is 5.92 Å². The third-order valence-corrected chi connectivity index (χ3v) is 4.08. The summed E-state index contributed by atoms with van der Waals surface area (Å²) in [5.74, 6) is 0.222. The number of hydrogen-bond donors (Lipinski definition) is 1. The van der Waals surface area contributed by atoms with Crippen molar-refractivity contribution in [2.75, 3.05) is 18.5 Å². The number of nitrogens with one attached hydrogen (secondary N) is 1. The van der Waals surface area contributed by atoms with Crippen molar-refractivity contribution in [1.29, 1.82) is 0 Å². The molecule has 1 fully saturated rings. The molecule has 5 heteroatoms. The summed E-state index contributed by atoms with van der Waals surface area (Å²) in [6.45, 7) is 3.32. The third-order valence-electron chi connectivity index (χ3n) is 4.08. The molecule has 0 radical (unpaired) electrons. The van der Waals surface area contributed by atoms with E-state index in [0.29, 0.717) is 24.6 Å². The Hall–Kier alpha value is -2.01. The van der Waals surface area contributed by atoms with Crippen LogP contribution in [0.3, 0.4) is 0 Å². The molecule has 1 saturated heterocycles. The lowest BCUT2D eigenvalue weighted by Gasteiger charge is -2.25. The number of aromatic nitrogens is 2. The van der Waals surface area contributed by atoms with Gasteiger partial charge in [-0.3, -0.25) is 0 Å². The van der Waals surface area contributed by atoms with Crippen LogP contribution in [-0.4, -0.2) is 23.2 Å². The Morgan fingerprint density at radius 3 is 2.82 bits per heavy atom. The maximum Gasteiger partial charge on any atom is 0.186 e. The van der Waals surface area contributed by atoms with Crippen LogP contribution >= 0.6 is 0 Å². The molecule has 0 aliphatic carbocycles. The van der Waals surface area contributed by atoms with E-state index in [2.05, 4.69) is 27.4 Å². The van der Waals surface area contributed by atoms with Crippen LogP contribution in [-0.2, 0) is 11.2 Å². The predicted octanol–water partition coefficient (Wildman–Crippen LogP) is 3.37. The van der Waals surface area contributed by atoms with Crippen molar-refractivity contribution in [3.8, 4) is 0 Å². The molecule has 0 unspecified atom stereocenters. The zero-order valence-electron chi connectivity index (χ0n) is 12.6. The van der Waals surface area contributed by atoms with Gasteiger partial charge in [-0.25, -0.2) is 14.4 Å². The van der Waals surface area contributed by atoms with Crippen LogP contribution in [0.25, 0.3) is 0 Å². The van der Waals surface area contributed by atoms with Crippen LogP contribution in [0.1, 0.15) is 30.6 Å². The Morgan fingerprint density at radius 1 is 1.32 bits per heavy atom. The maximum atomic E-state index is 14.4. The molecule has 4 nitrogen and oxygen atoms in total. The molecule has 1 aliphatic heterocycles. The molecule has 0 amide bonds. The molecular weight excluding hydrogens is 281 g/mol. The Morgan fingerprint density at radius 2 is 2.14 bits per heavy atom. The highest BCUT2D eigenvalue weighted by Gasteiger charge is 2.28. The highest BCUT2D eigenvalue weighted by Crippen LogP contribution is 2.32. The van der Waals surface area contributed by atoms with E-state index in [1.54, 1.807) is 0 Å². The zero-order valence-corrected chi connectivity index (χ0v) is 12.6. The maximum absolute atomic E-state index is 14.4. The van der Waals surface area contributed by atoms with E-state index in [1.165, 1.54) is 6.33 Å². The van der Waals surface area contributed by atoms with Crippen molar-refractivity contribution in [2.45, 2.75) is 25.8 Å². The minimum atomic E-state index is -0.357. The van der Waals surface area contributed by atoms with E-state index in [-0.39, 0.29) is 17.7 Å². The van der Waals surface area contributed by atoms with Gasteiger partial charge in [0, 0.05) is 12.5 Å². The van der Waals surface area contributed by atoms with E-state index in [0.717, 1.165) is 18.6 Å². The van der Waals surface area contributed by atoms with Gasteiger partial charge in [0.25, 0.3) is 0 Å². The first-order valence-corrected chi connectivity index (χ1v) is 7.68. The minimum Gasteiger partial charge on any atom is -0.381 e. The first-order valence-electron chi connectivity index (χ1n) is 7.68.